The molecule has 0 aliphatic rings. The van der Waals surface area contributed by atoms with Gasteiger partial charge in [-0.15, -0.1) is 0 Å². The number of methoxy groups -OCH3 is 1. The van der Waals surface area contributed by atoms with Crippen LogP contribution in [-0.2, 0) is 19.1 Å². The Morgan fingerprint density at radius 2 is 1.92 bits per heavy atom. The predicted molar refractivity (Wildman–Crippen MR) is 85.7 cm³/mol. The molecule has 0 atom stereocenters. The summed E-state index contributed by atoms with van der Waals surface area (Å²) in [6.45, 7) is 1.85. The third-order valence-corrected chi connectivity index (χ3v) is 2.77. The number of nitrogens with zero attached hydrogens (tertiary/aromatic N) is 1. The Balaban J connectivity index is 2.47. The Bertz CT molecular complexity index is 679. The van der Waals surface area contributed by atoms with Crippen molar-refractivity contribution in [1.82, 2.24) is 10.7 Å². The second-order valence-corrected chi connectivity index (χ2v) is 4.89. The van der Waals surface area contributed by atoms with E-state index in [4.69, 9.17) is 4.74 Å². The second kappa shape index (κ2) is 10.1. The lowest BCUT2D eigenvalue weighted by Gasteiger charge is -2.07. The number of rotatable bonds is 7. The molecule has 3 N–H and O–H groups in total. The van der Waals surface area contributed by atoms with Crippen LogP contribution in [-0.4, -0.2) is 43.7 Å². The van der Waals surface area contributed by atoms with Crippen molar-refractivity contribution in [2.24, 2.45) is 5.10 Å². The molecule has 0 bridgehead atoms. The van der Waals surface area contributed by atoms with Gasteiger partial charge < -0.3 is 15.4 Å². The molecular weight excluding hydrogens is 338 g/mol. The van der Waals surface area contributed by atoms with Crippen LogP contribution in [0, 0.1) is 11.6 Å². The number of hydrogen-bond donors (Lipinski definition) is 3. The summed E-state index contributed by atoms with van der Waals surface area (Å²) in [6.07, 6.45) is -0.262. The Morgan fingerprint density at radius 1 is 1.20 bits per heavy atom. The molecule has 0 saturated heterocycles. The molecule has 1 rings (SSSR count). The van der Waals surface area contributed by atoms with Crippen LogP contribution in [0.2, 0.25) is 0 Å². The van der Waals surface area contributed by atoms with E-state index in [2.05, 4.69) is 15.7 Å². The summed E-state index contributed by atoms with van der Waals surface area (Å²) < 4.78 is 30.9. The van der Waals surface area contributed by atoms with E-state index < -0.39 is 29.4 Å². The van der Waals surface area contributed by atoms with Crippen LogP contribution < -0.4 is 16.1 Å². The van der Waals surface area contributed by atoms with Crippen LogP contribution in [0.15, 0.2) is 23.3 Å². The molecule has 0 aliphatic heterocycles. The highest BCUT2D eigenvalue weighted by Crippen LogP contribution is 2.15. The molecule has 0 aromatic heterocycles. The first-order valence-electron chi connectivity index (χ1n) is 7.18. The Hall–Kier alpha value is -2.88. The van der Waals surface area contributed by atoms with Gasteiger partial charge in [0.15, 0.2) is 0 Å². The molecule has 1 aromatic rings. The topological polar surface area (TPSA) is 109 Å². The van der Waals surface area contributed by atoms with Gasteiger partial charge in [-0.25, -0.2) is 14.2 Å². The molecule has 8 nitrogen and oxygen atoms in total. The Morgan fingerprint density at radius 3 is 2.56 bits per heavy atom. The van der Waals surface area contributed by atoms with Gasteiger partial charge in [0, 0.05) is 25.4 Å². The molecule has 136 valence electrons. The highest BCUT2D eigenvalue weighted by molar-refractivity contribution is 6.35. The maximum absolute atomic E-state index is 13.4. The quantitative estimate of drug-likeness (QED) is 0.287. The second-order valence-electron chi connectivity index (χ2n) is 4.89. The number of carbonyl (C=O) groups is 3. The first kappa shape index (κ1) is 20.2. The molecule has 0 fully saturated rings. The maximum atomic E-state index is 13.4. The van der Waals surface area contributed by atoms with E-state index in [1.165, 1.54) is 14.0 Å². The molecule has 0 saturated carbocycles. The molecule has 25 heavy (non-hydrogen) atoms. The number of amides is 3. The van der Waals surface area contributed by atoms with Crippen molar-refractivity contribution in [3.63, 3.8) is 0 Å². The fourth-order valence-corrected chi connectivity index (χ4v) is 1.60. The smallest absolute Gasteiger partial charge is 0.329 e. The first-order valence-corrected chi connectivity index (χ1v) is 7.18. The largest absolute Gasteiger partial charge is 0.383 e. The predicted octanol–water partition coefficient (Wildman–Crippen LogP) is 0.548. The maximum Gasteiger partial charge on any atom is 0.329 e. The summed E-state index contributed by atoms with van der Waals surface area (Å²) in [4.78, 5) is 34.6. The number of hydrazone groups is 1. The van der Waals surface area contributed by atoms with Crippen molar-refractivity contribution < 1.29 is 27.9 Å². The SMILES string of the molecule is COCCNC(=O)C(=O)NN=C(C)CC(=O)Nc1ccc(F)cc1F. The average molecular weight is 356 g/mol. The zero-order chi connectivity index (χ0) is 18.8. The van der Waals surface area contributed by atoms with E-state index in [9.17, 15) is 23.2 Å². The summed E-state index contributed by atoms with van der Waals surface area (Å²) in [5.41, 5.74) is 1.99. The van der Waals surface area contributed by atoms with Crippen LogP contribution in [0.1, 0.15) is 13.3 Å². The van der Waals surface area contributed by atoms with Gasteiger partial charge in [0.2, 0.25) is 5.91 Å². The van der Waals surface area contributed by atoms with Gasteiger partial charge in [-0.1, -0.05) is 0 Å². The van der Waals surface area contributed by atoms with E-state index in [1.807, 2.05) is 5.43 Å². The fraction of sp³-hybridized carbons (Fsp3) is 0.333. The molecule has 0 spiro atoms. The monoisotopic (exact) mass is 356 g/mol. The van der Waals surface area contributed by atoms with E-state index >= 15 is 0 Å². The minimum atomic E-state index is -1.000. The minimum Gasteiger partial charge on any atom is -0.383 e. The Kier molecular flexibility index (Phi) is 8.13. The van der Waals surface area contributed by atoms with E-state index in [-0.39, 0.29) is 31.0 Å². The van der Waals surface area contributed by atoms with Gasteiger partial charge in [-0.3, -0.25) is 14.4 Å². The summed E-state index contributed by atoms with van der Waals surface area (Å²) in [6, 6.07) is 2.72. The lowest BCUT2D eigenvalue weighted by molar-refractivity contribution is -0.139. The van der Waals surface area contributed by atoms with E-state index in [0.717, 1.165) is 12.1 Å². The molecule has 3 amide bonds. The number of anilines is 1. The van der Waals surface area contributed by atoms with Crippen LogP contribution in [0.5, 0.6) is 0 Å². The zero-order valence-electron chi connectivity index (χ0n) is 13.7. The number of hydrogen-bond acceptors (Lipinski definition) is 5. The number of halogens is 2. The number of benzene rings is 1. The fourth-order valence-electron chi connectivity index (χ4n) is 1.60. The highest BCUT2D eigenvalue weighted by atomic mass is 19.1. The zero-order valence-corrected chi connectivity index (χ0v) is 13.7. The number of carbonyl (C=O) groups excluding carboxylic acids is 3. The van der Waals surface area contributed by atoms with Crippen LogP contribution in [0.4, 0.5) is 14.5 Å². The number of ether oxygens (including phenoxy) is 1. The molecule has 0 aliphatic carbocycles. The van der Waals surface area contributed by atoms with Crippen molar-refractivity contribution in [1.29, 1.82) is 0 Å². The standard InChI is InChI=1S/C15H18F2N4O4/c1-9(20-21-15(24)14(23)18-5-6-25-2)7-13(22)19-12-4-3-10(16)8-11(12)17/h3-4,8H,5-7H2,1-2H3,(H,18,23)(H,19,22)(H,21,24). The van der Waals surface area contributed by atoms with Crippen LogP contribution in [0.3, 0.4) is 0 Å². The van der Waals surface area contributed by atoms with Crippen LogP contribution in [0.25, 0.3) is 0 Å². The van der Waals surface area contributed by atoms with Crippen molar-refractivity contribution >= 4 is 29.1 Å². The molecule has 0 heterocycles. The molecule has 0 radical (unpaired) electrons. The van der Waals surface area contributed by atoms with Gasteiger partial charge in [0.25, 0.3) is 0 Å². The average Bonchev–Trinajstić information content (AvgIpc) is 2.55. The minimum absolute atomic E-state index is 0.164. The lowest BCUT2D eigenvalue weighted by atomic mass is 10.2. The van der Waals surface area contributed by atoms with E-state index in [0.29, 0.717) is 6.07 Å². The van der Waals surface area contributed by atoms with Gasteiger partial charge in [-0.2, -0.15) is 5.10 Å². The molecular formula is C15H18F2N4O4. The Labute approximate surface area is 142 Å². The highest BCUT2D eigenvalue weighted by Gasteiger charge is 2.13. The van der Waals surface area contributed by atoms with Gasteiger partial charge in [-0.05, 0) is 19.1 Å². The summed E-state index contributed by atoms with van der Waals surface area (Å²) in [5.74, 6) is -4.19. The number of nitrogens with one attached hydrogen (secondary N) is 3. The lowest BCUT2D eigenvalue weighted by Crippen LogP contribution is -2.39. The molecule has 10 heteroatoms. The van der Waals surface area contributed by atoms with Crippen molar-refractivity contribution in [3.8, 4) is 0 Å². The molecule has 0 unspecified atom stereocenters. The first-order chi connectivity index (χ1) is 11.8. The third kappa shape index (κ3) is 7.48. The summed E-state index contributed by atoms with van der Waals surface area (Å²) in [5, 5.41) is 8.14. The van der Waals surface area contributed by atoms with Crippen molar-refractivity contribution in [2.75, 3.05) is 25.6 Å². The molecule has 1 aromatic carbocycles. The third-order valence-electron chi connectivity index (χ3n) is 2.77. The van der Waals surface area contributed by atoms with Gasteiger partial charge in [0.05, 0.1) is 18.7 Å². The normalized spacial score (nSPS) is 11.0. The van der Waals surface area contributed by atoms with Gasteiger partial charge >= 0.3 is 11.8 Å². The summed E-state index contributed by atoms with van der Waals surface area (Å²) >= 11 is 0. The summed E-state index contributed by atoms with van der Waals surface area (Å²) in [7, 11) is 1.45. The van der Waals surface area contributed by atoms with Crippen molar-refractivity contribution in [2.45, 2.75) is 13.3 Å². The van der Waals surface area contributed by atoms with Crippen molar-refractivity contribution in [3.05, 3.63) is 29.8 Å². The van der Waals surface area contributed by atoms with E-state index in [1.54, 1.807) is 0 Å². The van der Waals surface area contributed by atoms with Gasteiger partial charge in [0.1, 0.15) is 11.6 Å². The van der Waals surface area contributed by atoms with Crippen LogP contribution >= 0.6 is 0 Å².